The summed E-state index contributed by atoms with van der Waals surface area (Å²) >= 11 is 0. The van der Waals surface area contributed by atoms with Crippen molar-refractivity contribution < 1.29 is 15.0 Å². The maximum absolute atomic E-state index is 11.3. The van der Waals surface area contributed by atoms with Crippen LogP contribution >= 0.6 is 0 Å². The molecule has 0 aliphatic carbocycles. The standard InChI is InChI=1S/C23H39NO3/c1-3-4-5-6-7-8-9-10-11-21-12-14-22(15-13-21)16-17-23(18-25,19-26)24-20(2)27/h12-15,25-26H,3-11,16-19H2,1-2H3,(H,24,27). The van der Waals surface area contributed by atoms with Gasteiger partial charge in [-0.1, -0.05) is 76.1 Å². The molecule has 0 bridgehead atoms. The van der Waals surface area contributed by atoms with Crippen molar-refractivity contribution in [3.63, 3.8) is 0 Å². The van der Waals surface area contributed by atoms with Gasteiger partial charge in [-0.3, -0.25) is 4.79 Å². The Balaban J connectivity index is 2.31. The highest BCUT2D eigenvalue weighted by Crippen LogP contribution is 2.16. The summed E-state index contributed by atoms with van der Waals surface area (Å²) in [4.78, 5) is 11.3. The van der Waals surface area contributed by atoms with Crippen LogP contribution in [-0.4, -0.2) is 34.9 Å². The first kappa shape index (κ1) is 23.6. The summed E-state index contributed by atoms with van der Waals surface area (Å²) in [6.07, 6.45) is 13.0. The van der Waals surface area contributed by atoms with Crippen molar-refractivity contribution in [1.29, 1.82) is 0 Å². The van der Waals surface area contributed by atoms with Gasteiger partial charge in [0.2, 0.25) is 5.91 Å². The largest absolute Gasteiger partial charge is 0.394 e. The molecular formula is C23H39NO3. The first-order valence-corrected chi connectivity index (χ1v) is 10.6. The predicted octanol–water partition coefficient (Wildman–Crippen LogP) is 4.16. The number of hydrogen-bond acceptors (Lipinski definition) is 3. The third-order valence-corrected chi connectivity index (χ3v) is 5.28. The van der Waals surface area contributed by atoms with Crippen molar-refractivity contribution in [3.05, 3.63) is 35.4 Å². The highest BCUT2D eigenvalue weighted by Gasteiger charge is 2.29. The molecule has 0 fully saturated rings. The van der Waals surface area contributed by atoms with Crippen molar-refractivity contribution in [1.82, 2.24) is 5.32 Å². The average molecular weight is 378 g/mol. The summed E-state index contributed by atoms with van der Waals surface area (Å²) < 4.78 is 0. The molecule has 154 valence electrons. The van der Waals surface area contributed by atoms with E-state index in [4.69, 9.17) is 0 Å². The fraction of sp³-hybridized carbons (Fsp3) is 0.696. The van der Waals surface area contributed by atoms with Crippen LogP contribution in [0, 0.1) is 0 Å². The zero-order valence-electron chi connectivity index (χ0n) is 17.3. The normalized spacial score (nSPS) is 11.6. The average Bonchev–Trinajstić information content (AvgIpc) is 2.68. The number of aliphatic hydroxyl groups is 2. The van der Waals surface area contributed by atoms with Gasteiger partial charge in [0.15, 0.2) is 0 Å². The zero-order chi connectivity index (χ0) is 20.0. The molecule has 1 aromatic carbocycles. The number of carbonyl (C=O) groups excluding carboxylic acids is 1. The Labute approximate surface area is 165 Å². The predicted molar refractivity (Wildman–Crippen MR) is 112 cm³/mol. The van der Waals surface area contributed by atoms with Crippen molar-refractivity contribution in [2.45, 2.75) is 90.0 Å². The summed E-state index contributed by atoms with van der Waals surface area (Å²) in [5.74, 6) is -0.237. The lowest BCUT2D eigenvalue weighted by molar-refractivity contribution is -0.122. The quantitative estimate of drug-likeness (QED) is 0.402. The summed E-state index contributed by atoms with van der Waals surface area (Å²) in [5, 5.41) is 21.8. The van der Waals surface area contributed by atoms with E-state index < -0.39 is 5.54 Å². The molecule has 0 saturated carbocycles. The second-order valence-corrected chi connectivity index (χ2v) is 7.82. The van der Waals surface area contributed by atoms with Gasteiger partial charge >= 0.3 is 0 Å². The van der Waals surface area contributed by atoms with Crippen LogP contribution in [0.3, 0.4) is 0 Å². The Morgan fingerprint density at radius 1 is 0.852 bits per heavy atom. The molecule has 1 aromatic rings. The molecule has 1 rings (SSSR count). The van der Waals surface area contributed by atoms with Gasteiger partial charge in [0, 0.05) is 6.92 Å². The summed E-state index contributed by atoms with van der Waals surface area (Å²) in [5.41, 5.74) is 1.58. The van der Waals surface area contributed by atoms with E-state index in [2.05, 4.69) is 36.5 Å². The van der Waals surface area contributed by atoms with Crippen LogP contribution in [-0.2, 0) is 17.6 Å². The van der Waals surface area contributed by atoms with Gasteiger partial charge in [-0.15, -0.1) is 0 Å². The monoisotopic (exact) mass is 377 g/mol. The highest BCUT2D eigenvalue weighted by atomic mass is 16.3. The number of nitrogens with one attached hydrogen (secondary N) is 1. The molecule has 0 aliphatic rings. The van der Waals surface area contributed by atoms with Gasteiger partial charge in [-0.05, 0) is 36.8 Å². The van der Waals surface area contributed by atoms with Crippen LogP contribution in [0.25, 0.3) is 0 Å². The molecule has 0 radical (unpaired) electrons. The smallest absolute Gasteiger partial charge is 0.217 e. The number of aliphatic hydroxyl groups excluding tert-OH is 2. The first-order valence-electron chi connectivity index (χ1n) is 10.6. The van der Waals surface area contributed by atoms with E-state index in [0.717, 1.165) is 12.0 Å². The minimum absolute atomic E-state index is 0.237. The number of benzene rings is 1. The number of unbranched alkanes of at least 4 members (excludes halogenated alkanes) is 7. The lowest BCUT2D eigenvalue weighted by Gasteiger charge is -2.30. The molecule has 0 unspecified atom stereocenters. The topological polar surface area (TPSA) is 69.6 Å². The molecule has 0 saturated heterocycles. The summed E-state index contributed by atoms with van der Waals surface area (Å²) in [6.45, 7) is 3.13. The van der Waals surface area contributed by atoms with E-state index in [0.29, 0.717) is 12.8 Å². The molecule has 1 amide bonds. The van der Waals surface area contributed by atoms with Crippen LogP contribution in [0.2, 0.25) is 0 Å². The van der Waals surface area contributed by atoms with Crippen LogP contribution in [0.1, 0.15) is 82.8 Å². The van der Waals surface area contributed by atoms with Crippen LogP contribution in [0.15, 0.2) is 24.3 Å². The van der Waals surface area contributed by atoms with Crippen LogP contribution < -0.4 is 5.32 Å². The van der Waals surface area contributed by atoms with E-state index in [9.17, 15) is 15.0 Å². The van der Waals surface area contributed by atoms with E-state index in [-0.39, 0.29) is 19.1 Å². The fourth-order valence-electron chi connectivity index (χ4n) is 3.44. The van der Waals surface area contributed by atoms with Crippen molar-refractivity contribution >= 4 is 5.91 Å². The Morgan fingerprint density at radius 3 is 1.81 bits per heavy atom. The second-order valence-electron chi connectivity index (χ2n) is 7.82. The molecule has 0 atom stereocenters. The molecule has 0 spiro atoms. The maximum Gasteiger partial charge on any atom is 0.217 e. The van der Waals surface area contributed by atoms with Crippen molar-refractivity contribution in [2.24, 2.45) is 0 Å². The molecule has 4 heteroatoms. The molecule has 3 N–H and O–H groups in total. The number of carbonyl (C=O) groups is 1. The molecule has 0 heterocycles. The van der Waals surface area contributed by atoms with Crippen LogP contribution in [0.4, 0.5) is 0 Å². The Hall–Kier alpha value is -1.39. The Kier molecular flexibility index (Phi) is 12.0. The second kappa shape index (κ2) is 13.7. The minimum atomic E-state index is -0.943. The van der Waals surface area contributed by atoms with Gasteiger partial charge in [0.1, 0.15) is 0 Å². The minimum Gasteiger partial charge on any atom is -0.394 e. The van der Waals surface area contributed by atoms with Gasteiger partial charge < -0.3 is 15.5 Å². The maximum atomic E-state index is 11.3. The van der Waals surface area contributed by atoms with Gasteiger partial charge in [-0.2, -0.15) is 0 Å². The lowest BCUT2D eigenvalue weighted by Crippen LogP contribution is -2.53. The number of hydrogen-bond donors (Lipinski definition) is 3. The molecule has 0 aliphatic heterocycles. The van der Waals surface area contributed by atoms with Crippen molar-refractivity contribution in [2.75, 3.05) is 13.2 Å². The molecule has 27 heavy (non-hydrogen) atoms. The molecule has 0 aromatic heterocycles. The Bertz CT molecular complexity index is 509. The van der Waals surface area contributed by atoms with E-state index in [1.165, 1.54) is 63.9 Å². The summed E-state index contributed by atoms with van der Waals surface area (Å²) in [6, 6.07) is 8.59. The SMILES string of the molecule is CCCCCCCCCCc1ccc(CCC(CO)(CO)NC(C)=O)cc1. The third-order valence-electron chi connectivity index (χ3n) is 5.28. The van der Waals surface area contributed by atoms with Crippen LogP contribution in [0.5, 0.6) is 0 Å². The van der Waals surface area contributed by atoms with Crippen molar-refractivity contribution in [3.8, 4) is 0 Å². The first-order chi connectivity index (χ1) is 13.0. The van der Waals surface area contributed by atoms with Gasteiger partial charge in [-0.25, -0.2) is 0 Å². The highest BCUT2D eigenvalue weighted by molar-refractivity contribution is 5.73. The van der Waals surface area contributed by atoms with E-state index in [1.807, 2.05) is 0 Å². The number of aryl methyl sites for hydroxylation is 2. The lowest BCUT2D eigenvalue weighted by atomic mass is 9.92. The Morgan fingerprint density at radius 2 is 1.33 bits per heavy atom. The molecular weight excluding hydrogens is 338 g/mol. The fourth-order valence-corrected chi connectivity index (χ4v) is 3.44. The third kappa shape index (κ3) is 9.92. The van der Waals surface area contributed by atoms with E-state index in [1.54, 1.807) is 0 Å². The zero-order valence-corrected chi connectivity index (χ0v) is 17.3. The number of amides is 1. The number of rotatable bonds is 15. The van der Waals surface area contributed by atoms with E-state index >= 15 is 0 Å². The van der Waals surface area contributed by atoms with Gasteiger partial charge in [0.25, 0.3) is 0 Å². The van der Waals surface area contributed by atoms with Gasteiger partial charge in [0.05, 0.1) is 18.8 Å². The summed E-state index contributed by atoms with van der Waals surface area (Å²) in [7, 11) is 0. The molecule has 4 nitrogen and oxygen atoms in total.